The van der Waals surface area contributed by atoms with E-state index in [1.54, 1.807) is 24.4 Å². The molecule has 0 unspecified atom stereocenters. The third kappa shape index (κ3) is 2.98. The maximum atomic E-state index is 12.0. The van der Waals surface area contributed by atoms with Crippen molar-refractivity contribution in [3.63, 3.8) is 0 Å². The Morgan fingerprint density at radius 1 is 1.33 bits per heavy atom. The molecule has 1 amide bonds. The van der Waals surface area contributed by atoms with Crippen LogP contribution in [0.4, 0.5) is 5.82 Å². The summed E-state index contributed by atoms with van der Waals surface area (Å²) in [4.78, 5) is 16.0. The van der Waals surface area contributed by atoms with Crippen molar-refractivity contribution < 1.29 is 9.90 Å². The number of carbonyl (C=O) groups is 1. The van der Waals surface area contributed by atoms with Crippen LogP contribution in [0.1, 0.15) is 15.9 Å². The third-order valence-corrected chi connectivity index (χ3v) is 3.03. The minimum atomic E-state index is -0.373. The summed E-state index contributed by atoms with van der Waals surface area (Å²) in [6.45, 7) is 1.92. The molecule has 2 aromatic rings. The zero-order valence-electron chi connectivity index (χ0n) is 9.64. The van der Waals surface area contributed by atoms with Crippen LogP contribution in [0.2, 0.25) is 0 Å². The highest BCUT2D eigenvalue weighted by atomic mass is 127. The van der Waals surface area contributed by atoms with E-state index in [-0.39, 0.29) is 17.2 Å². The summed E-state index contributed by atoms with van der Waals surface area (Å²) in [5.74, 6) is 0.0475. The SMILES string of the molecule is Cc1ccc(NC(=O)c2cc(I)ccc2O)nc1. The average molecular weight is 354 g/mol. The topological polar surface area (TPSA) is 62.2 Å². The van der Waals surface area contributed by atoms with Crippen molar-refractivity contribution >= 4 is 34.3 Å². The monoisotopic (exact) mass is 354 g/mol. The number of nitrogens with one attached hydrogen (secondary N) is 1. The lowest BCUT2D eigenvalue weighted by atomic mass is 10.2. The fourth-order valence-electron chi connectivity index (χ4n) is 1.42. The number of carbonyl (C=O) groups excluding carboxylic acids is 1. The van der Waals surface area contributed by atoms with Gasteiger partial charge >= 0.3 is 0 Å². The lowest BCUT2D eigenvalue weighted by molar-refractivity contribution is 0.102. The molecule has 0 saturated heterocycles. The van der Waals surface area contributed by atoms with Crippen LogP contribution in [0.15, 0.2) is 36.5 Å². The summed E-state index contributed by atoms with van der Waals surface area (Å²) < 4.78 is 0.882. The Bertz CT molecular complexity index is 582. The number of amides is 1. The minimum Gasteiger partial charge on any atom is -0.507 e. The molecule has 0 aliphatic rings. The number of anilines is 1. The number of phenolic OH excluding ortho intramolecular Hbond substituents is 1. The van der Waals surface area contributed by atoms with Gasteiger partial charge in [0.25, 0.3) is 5.91 Å². The van der Waals surface area contributed by atoms with E-state index in [9.17, 15) is 9.90 Å². The molecule has 2 N–H and O–H groups in total. The molecule has 1 heterocycles. The van der Waals surface area contributed by atoms with Crippen LogP contribution >= 0.6 is 22.6 Å². The quantitative estimate of drug-likeness (QED) is 0.816. The first kappa shape index (κ1) is 12.8. The predicted molar refractivity (Wildman–Crippen MR) is 77.8 cm³/mol. The van der Waals surface area contributed by atoms with Crippen molar-refractivity contribution in [2.75, 3.05) is 5.32 Å². The van der Waals surface area contributed by atoms with Gasteiger partial charge < -0.3 is 10.4 Å². The zero-order valence-corrected chi connectivity index (χ0v) is 11.8. The first-order valence-electron chi connectivity index (χ1n) is 5.29. The first-order chi connectivity index (χ1) is 8.56. The molecule has 0 saturated carbocycles. The Hall–Kier alpha value is -1.63. The number of phenols is 1. The van der Waals surface area contributed by atoms with E-state index in [1.165, 1.54) is 6.07 Å². The van der Waals surface area contributed by atoms with Crippen molar-refractivity contribution in [3.8, 4) is 5.75 Å². The Kier molecular flexibility index (Phi) is 3.81. The zero-order chi connectivity index (χ0) is 13.1. The van der Waals surface area contributed by atoms with E-state index in [2.05, 4.69) is 32.9 Å². The molecule has 0 atom stereocenters. The van der Waals surface area contributed by atoms with Crippen molar-refractivity contribution in [3.05, 3.63) is 51.2 Å². The van der Waals surface area contributed by atoms with Gasteiger partial charge in [0.1, 0.15) is 11.6 Å². The largest absolute Gasteiger partial charge is 0.507 e. The second-order valence-electron chi connectivity index (χ2n) is 3.84. The van der Waals surface area contributed by atoms with Crippen LogP contribution in [0.5, 0.6) is 5.75 Å². The molecule has 5 heteroatoms. The molecular formula is C13H11IN2O2. The van der Waals surface area contributed by atoms with Crippen molar-refractivity contribution in [2.45, 2.75) is 6.92 Å². The summed E-state index contributed by atoms with van der Waals surface area (Å²) in [5, 5.41) is 12.3. The minimum absolute atomic E-state index is 0.0416. The second kappa shape index (κ2) is 5.34. The predicted octanol–water partition coefficient (Wildman–Crippen LogP) is 2.95. The number of aryl methyl sites for hydroxylation is 1. The molecule has 0 aliphatic carbocycles. The Balaban J connectivity index is 2.21. The first-order valence-corrected chi connectivity index (χ1v) is 6.36. The van der Waals surface area contributed by atoms with Crippen LogP contribution in [0, 0.1) is 10.5 Å². The molecule has 1 aromatic carbocycles. The Morgan fingerprint density at radius 2 is 2.11 bits per heavy atom. The van der Waals surface area contributed by atoms with Gasteiger partial charge in [-0.3, -0.25) is 4.79 Å². The number of aromatic nitrogens is 1. The lowest BCUT2D eigenvalue weighted by Crippen LogP contribution is -2.13. The van der Waals surface area contributed by atoms with E-state index < -0.39 is 0 Å². The number of hydrogen-bond donors (Lipinski definition) is 2. The van der Waals surface area contributed by atoms with Gasteiger partial charge in [-0.05, 0) is 59.3 Å². The number of halogens is 1. The van der Waals surface area contributed by atoms with Gasteiger partial charge in [-0.15, -0.1) is 0 Å². The molecular weight excluding hydrogens is 343 g/mol. The molecule has 2 rings (SSSR count). The summed E-state index contributed by atoms with van der Waals surface area (Å²) in [7, 11) is 0. The Morgan fingerprint density at radius 3 is 2.78 bits per heavy atom. The fourth-order valence-corrected chi connectivity index (χ4v) is 1.91. The van der Waals surface area contributed by atoms with Crippen LogP contribution in [-0.4, -0.2) is 16.0 Å². The molecule has 0 bridgehead atoms. The van der Waals surface area contributed by atoms with E-state index in [0.717, 1.165) is 9.13 Å². The summed E-state index contributed by atoms with van der Waals surface area (Å²) >= 11 is 2.08. The molecule has 0 fully saturated rings. The van der Waals surface area contributed by atoms with Crippen LogP contribution in [-0.2, 0) is 0 Å². The van der Waals surface area contributed by atoms with Crippen LogP contribution in [0.3, 0.4) is 0 Å². The number of rotatable bonds is 2. The third-order valence-electron chi connectivity index (χ3n) is 2.36. The van der Waals surface area contributed by atoms with Crippen molar-refractivity contribution in [1.29, 1.82) is 0 Å². The Labute approximate surface area is 118 Å². The number of aromatic hydroxyl groups is 1. The van der Waals surface area contributed by atoms with Gasteiger partial charge in [-0.2, -0.15) is 0 Å². The summed E-state index contributed by atoms with van der Waals surface area (Å²) in [5.41, 5.74) is 1.26. The molecule has 18 heavy (non-hydrogen) atoms. The number of benzene rings is 1. The molecule has 92 valence electrons. The van der Waals surface area contributed by atoms with Gasteiger partial charge in [-0.1, -0.05) is 6.07 Å². The maximum Gasteiger partial charge on any atom is 0.260 e. The standard InChI is InChI=1S/C13H11IN2O2/c1-8-2-5-12(15-7-8)16-13(18)10-6-9(14)3-4-11(10)17/h2-7,17H,1H3,(H,15,16,18). The van der Waals surface area contributed by atoms with Gasteiger partial charge in [0.2, 0.25) is 0 Å². The van der Waals surface area contributed by atoms with E-state index in [4.69, 9.17) is 0 Å². The number of hydrogen-bond acceptors (Lipinski definition) is 3. The van der Waals surface area contributed by atoms with Gasteiger partial charge in [0.15, 0.2) is 0 Å². The molecule has 4 nitrogen and oxygen atoms in total. The van der Waals surface area contributed by atoms with Gasteiger partial charge in [0, 0.05) is 9.77 Å². The van der Waals surface area contributed by atoms with Gasteiger partial charge in [0.05, 0.1) is 5.56 Å². The lowest BCUT2D eigenvalue weighted by Gasteiger charge is -2.06. The number of nitrogens with zero attached hydrogens (tertiary/aromatic N) is 1. The highest BCUT2D eigenvalue weighted by Gasteiger charge is 2.12. The summed E-state index contributed by atoms with van der Waals surface area (Å²) in [6, 6.07) is 8.44. The van der Waals surface area contributed by atoms with Crippen molar-refractivity contribution in [2.24, 2.45) is 0 Å². The molecule has 1 aromatic heterocycles. The fraction of sp³-hybridized carbons (Fsp3) is 0.0769. The highest BCUT2D eigenvalue weighted by molar-refractivity contribution is 14.1. The van der Waals surface area contributed by atoms with Gasteiger partial charge in [-0.25, -0.2) is 4.98 Å². The average Bonchev–Trinajstić information content (AvgIpc) is 2.35. The summed E-state index contributed by atoms with van der Waals surface area (Å²) in [6.07, 6.45) is 1.67. The highest BCUT2D eigenvalue weighted by Crippen LogP contribution is 2.20. The van der Waals surface area contributed by atoms with Crippen LogP contribution < -0.4 is 5.32 Å². The normalized spacial score (nSPS) is 10.1. The number of pyridine rings is 1. The molecule has 0 aliphatic heterocycles. The van der Waals surface area contributed by atoms with E-state index in [1.807, 2.05) is 13.0 Å². The van der Waals surface area contributed by atoms with E-state index in [0.29, 0.717) is 5.82 Å². The second-order valence-corrected chi connectivity index (χ2v) is 5.08. The molecule has 0 spiro atoms. The van der Waals surface area contributed by atoms with Crippen molar-refractivity contribution in [1.82, 2.24) is 4.98 Å². The molecule has 0 radical (unpaired) electrons. The van der Waals surface area contributed by atoms with E-state index >= 15 is 0 Å². The maximum absolute atomic E-state index is 12.0. The van der Waals surface area contributed by atoms with Crippen LogP contribution in [0.25, 0.3) is 0 Å². The smallest absolute Gasteiger partial charge is 0.260 e.